The van der Waals surface area contributed by atoms with Gasteiger partial charge >= 0.3 is 6.03 Å². The molecule has 1 aromatic carbocycles. The van der Waals surface area contributed by atoms with Gasteiger partial charge in [-0.25, -0.2) is 9.78 Å². The lowest BCUT2D eigenvalue weighted by Crippen LogP contribution is -2.18. The number of amides is 2. The molecule has 0 unspecified atom stereocenters. The number of nitrogens with two attached hydrogens (primary N) is 3. The van der Waals surface area contributed by atoms with Gasteiger partial charge in [0.15, 0.2) is 0 Å². The Labute approximate surface area is 84.5 Å². The highest BCUT2D eigenvalue weighted by atomic mass is 32.1. The number of nitrogens with zero attached hydrogens (tertiary/aromatic N) is 1. The zero-order chi connectivity index (χ0) is 10.6. The second-order valence-corrected chi connectivity index (χ2v) is 3.37. The minimum absolute atomic E-state index is 0.776. The van der Waals surface area contributed by atoms with Crippen LogP contribution in [0, 0.1) is 0 Å². The van der Waals surface area contributed by atoms with Gasteiger partial charge in [0.05, 0.1) is 15.7 Å². The van der Waals surface area contributed by atoms with Crippen molar-refractivity contribution in [2.24, 2.45) is 11.5 Å². The summed E-state index contributed by atoms with van der Waals surface area (Å²) in [6.45, 7) is 0. The van der Waals surface area contributed by atoms with Gasteiger partial charge in [0.1, 0.15) is 0 Å². The molecule has 2 rings (SSSR count). The van der Waals surface area contributed by atoms with Crippen LogP contribution in [0.4, 0.5) is 10.5 Å². The molecular weight excluding hydrogens is 200 g/mol. The Morgan fingerprint density at radius 1 is 1.36 bits per heavy atom. The van der Waals surface area contributed by atoms with Crippen molar-refractivity contribution in [3.8, 4) is 0 Å². The largest absolute Gasteiger partial charge is 0.399 e. The number of carbonyl (C=O) groups is 1. The third-order valence-corrected chi connectivity index (χ3v) is 2.16. The molecule has 1 aromatic heterocycles. The summed E-state index contributed by atoms with van der Waals surface area (Å²) in [5.41, 5.74) is 17.6. The number of aromatic nitrogens is 1. The molecule has 0 aliphatic rings. The van der Waals surface area contributed by atoms with E-state index in [-0.39, 0.29) is 0 Å². The number of benzene rings is 1. The minimum Gasteiger partial charge on any atom is -0.399 e. The quantitative estimate of drug-likeness (QED) is 0.562. The Kier molecular flexibility index (Phi) is 3.24. The van der Waals surface area contributed by atoms with Crippen molar-refractivity contribution >= 4 is 33.3 Å². The number of hydrogen-bond acceptors (Lipinski definition) is 4. The number of primary amides is 2. The molecule has 0 saturated heterocycles. The van der Waals surface area contributed by atoms with Gasteiger partial charge in [-0.1, -0.05) is 0 Å². The zero-order valence-electron chi connectivity index (χ0n) is 7.31. The van der Waals surface area contributed by atoms with E-state index in [0.29, 0.717) is 0 Å². The lowest BCUT2D eigenvalue weighted by molar-refractivity contribution is 0.256. The van der Waals surface area contributed by atoms with Crippen LogP contribution in [0.1, 0.15) is 0 Å². The molecule has 0 bridgehead atoms. The fraction of sp³-hybridized carbons (Fsp3) is 0. The summed E-state index contributed by atoms with van der Waals surface area (Å²) < 4.78 is 1.19. The van der Waals surface area contributed by atoms with Gasteiger partial charge < -0.3 is 17.2 Å². The Morgan fingerprint density at radius 3 is 2.64 bits per heavy atom. The van der Waals surface area contributed by atoms with Crippen LogP contribution >= 0.6 is 11.3 Å². The molecule has 0 aliphatic heterocycles. The smallest absolute Gasteiger partial charge is 0.309 e. The van der Waals surface area contributed by atoms with Gasteiger partial charge in [0, 0.05) is 5.69 Å². The van der Waals surface area contributed by atoms with Crippen molar-refractivity contribution in [2.45, 2.75) is 0 Å². The molecule has 6 N–H and O–H groups in total. The van der Waals surface area contributed by atoms with Crippen LogP contribution in [0.2, 0.25) is 0 Å². The van der Waals surface area contributed by atoms with E-state index in [4.69, 9.17) is 10.5 Å². The molecule has 0 fully saturated rings. The first-order valence-corrected chi connectivity index (χ1v) is 4.61. The normalized spacial score (nSPS) is 9.14. The summed E-state index contributed by atoms with van der Waals surface area (Å²) in [6.07, 6.45) is 0. The van der Waals surface area contributed by atoms with Gasteiger partial charge in [0.2, 0.25) is 0 Å². The SMILES string of the molecule is NC(N)=O.Nc1ccc2scnc2c1. The van der Waals surface area contributed by atoms with Gasteiger partial charge in [-0.05, 0) is 18.2 Å². The number of rotatable bonds is 0. The molecule has 14 heavy (non-hydrogen) atoms. The molecule has 0 spiro atoms. The topological polar surface area (TPSA) is 108 Å². The van der Waals surface area contributed by atoms with E-state index in [1.807, 2.05) is 23.7 Å². The lowest BCUT2D eigenvalue weighted by atomic mass is 10.3. The van der Waals surface area contributed by atoms with Crippen molar-refractivity contribution < 1.29 is 4.79 Å². The predicted octanol–water partition coefficient (Wildman–Crippen LogP) is 0.902. The first-order chi connectivity index (χ1) is 6.59. The molecule has 0 saturated carbocycles. The van der Waals surface area contributed by atoms with E-state index in [0.717, 1.165) is 11.2 Å². The fourth-order valence-corrected chi connectivity index (χ4v) is 1.53. The molecular formula is C8H10N4OS. The molecule has 74 valence electrons. The highest BCUT2D eigenvalue weighted by Crippen LogP contribution is 2.19. The highest BCUT2D eigenvalue weighted by molar-refractivity contribution is 7.16. The van der Waals surface area contributed by atoms with E-state index >= 15 is 0 Å². The first kappa shape index (κ1) is 10.3. The molecule has 6 heteroatoms. The molecule has 2 aromatic rings. The summed E-state index contributed by atoms with van der Waals surface area (Å²) in [7, 11) is 0. The highest BCUT2D eigenvalue weighted by Gasteiger charge is 1.93. The molecule has 0 radical (unpaired) electrons. The Hall–Kier alpha value is -1.82. The summed E-state index contributed by atoms with van der Waals surface area (Å²) in [5.74, 6) is 0. The van der Waals surface area contributed by atoms with Gasteiger partial charge in [-0.2, -0.15) is 0 Å². The number of anilines is 1. The Morgan fingerprint density at radius 2 is 2.00 bits per heavy atom. The van der Waals surface area contributed by atoms with Crippen molar-refractivity contribution in [2.75, 3.05) is 5.73 Å². The molecule has 0 aliphatic carbocycles. The van der Waals surface area contributed by atoms with Gasteiger partial charge in [-0.15, -0.1) is 11.3 Å². The summed E-state index contributed by atoms with van der Waals surface area (Å²) in [5, 5.41) is 0. The maximum Gasteiger partial charge on any atom is 0.309 e. The van der Waals surface area contributed by atoms with Crippen LogP contribution < -0.4 is 17.2 Å². The van der Waals surface area contributed by atoms with Gasteiger partial charge in [0.25, 0.3) is 0 Å². The number of hydrogen-bond donors (Lipinski definition) is 3. The van der Waals surface area contributed by atoms with E-state index in [9.17, 15) is 0 Å². The van der Waals surface area contributed by atoms with Crippen LogP contribution in [-0.2, 0) is 0 Å². The van der Waals surface area contributed by atoms with Crippen molar-refractivity contribution in [1.82, 2.24) is 4.98 Å². The number of urea groups is 1. The van der Waals surface area contributed by atoms with Crippen molar-refractivity contribution in [1.29, 1.82) is 0 Å². The predicted molar refractivity (Wildman–Crippen MR) is 57.8 cm³/mol. The van der Waals surface area contributed by atoms with E-state index in [1.165, 1.54) is 4.70 Å². The maximum absolute atomic E-state index is 9.00. The van der Waals surface area contributed by atoms with Crippen LogP contribution in [0.5, 0.6) is 0 Å². The van der Waals surface area contributed by atoms with Crippen LogP contribution in [0.3, 0.4) is 0 Å². The molecule has 0 atom stereocenters. The number of nitrogen functional groups attached to an aromatic ring is 1. The third kappa shape index (κ3) is 2.91. The molecule has 2 amide bonds. The Bertz CT molecular complexity index is 436. The van der Waals surface area contributed by atoms with E-state index in [2.05, 4.69) is 16.5 Å². The summed E-state index contributed by atoms with van der Waals surface area (Å²) in [6, 6.07) is 4.93. The second-order valence-electron chi connectivity index (χ2n) is 2.48. The van der Waals surface area contributed by atoms with Crippen LogP contribution in [-0.4, -0.2) is 11.0 Å². The average molecular weight is 210 g/mol. The van der Waals surface area contributed by atoms with Crippen molar-refractivity contribution in [3.63, 3.8) is 0 Å². The van der Waals surface area contributed by atoms with E-state index in [1.54, 1.807) is 11.3 Å². The first-order valence-electron chi connectivity index (χ1n) is 3.73. The van der Waals surface area contributed by atoms with E-state index < -0.39 is 6.03 Å². The van der Waals surface area contributed by atoms with Crippen LogP contribution in [0.25, 0.3) is 10.2 Å². The minimum atomic E-state index is -0.833. The van der Waals surface area contributed by atoms with Crippen molar-refractivity contribution in [3.05, 3.63) is 23.7 Å². The molecule has 1 heterocycles. The summed E-state index contributed by atoms with van der Waals surface area (Å²) >= 11 is 1.63. The number of fused-ring (bicyclic) bond motifs is 1. The monoisotopic (exact) mass is 210 g/mol. The third-order valence-electron chi connectivity index (χ3n) is 1.35. The average Bonchev–Trinajstić information content (AvgIpc) is 2.49. The standard InChI is InChI=1S/C7H6N2S.CH4N2O/c8-5-1-2-7-6(3-5)9-4-10-7;2-1(3)4/h1-4H,8H2;(H4,2,3,4). The second kappa shape index (κ2) is 4.43. The zero-order valence-corrected chi connectivity index (χ0v) is 8.12. The fourth-order valence-electron chi connectivity index (χ4n) is 0.875. The van der Waals surface area contributed by atoms with Crippen LogP contribution in [0.15, 0.2) is 23.7 Å². The lowest BCUT2D eigenvalue weighted by Gasteiger charge is -1.89. The molecule has 5 nitrogen and oxygen atoms in total. The number of carbonyl (C=O) groups excluding carboxylic acids is 1. The maximum atomic E-state index is 9.00. The number of thiazole rings is 1. The summed E-state index contributed by atoms with van der Waals surface area (Å²) in [4.78, 5) is 13.1. The van der Waals surface area contributed by atoms with Gasteiger partial charge in [-0.3, -0.25) is 0 Å². The Balaban J connectivity index is 0.000000213.